The van der Waals surface area contributed by atoms with Crippen molar-refractivity contribution in [2.75, 3.05) is 7.11 Å². The SMILES string of the molecule is COc1cc2ncnc(-c3cn(C)nc3-c3ccccc3)c2cc1-c1cccc2c1cnn2C. The van der Waals surface area contributed by atoms with Crippen LogP contribution in [-0.2, 0) is 14.1 Å². The van der Waals surface area contributed by atoms with Crippen LogP contribution in [0.4, 0.5) is 0 Å². The third-order valence-corrected chi connectivity index (χ3v) is 6.17. The normalized spacial score (nSPS) is 11.4. The van der Waals surface area contributed by atoms with Crippen LogP contribution in [0.15, 0.2) is 79.4 Å². The minimum absolute atomic E-state index is 0.753. The molecule has 0 aliphatic carbocycles. The predicted molar refractivity (Wildman–Crippen MR) is 133 cm³/mol. The van der Waals surface area contributed by atoms with Gasteiger partial charge in [-0.1, -0.05) is 42.5 Å². The van der Waals surface area contributed by atoms with Crippen molar-refractivity contribution in [3.8, 4) is 39.4 Å². The number of aromatic nitrogens is 6. The first-order chi connectivity index (χ1) is 16.6. The molecule has 7 heteroatoms. The van der Waals surface area contributed by atoms with Crippen LogP contribution in [0.1, 0.15) is 0 Å². The lowest BCUT2D eigenvalue weighted by molar-refractivity contribution is 0.417. The van der Waals surface area contributed by atoms with E-state index in [1.807, 2.05) is 66.2 Å². The molecule has 0 unspecified atom stereocenters. The lowest BCUT2D eigenvalue weighted by Gasteiger charge is -2.13. The van der Waals surface area contributed by atoms with Gasteiger partial charge in [-0.15, -0.1) is 0 Å². The fourth-order valence-corrected chi connectivity index (χ4v) is 4.56. The molecule has 0 amide bonds. The van der Waals surface area contributed by atoms with Gasteiger partial charge < -0.3 is 4.74 Å². The number of hydrogen-bond donors (Lipinski definition) is 0. The molecule has 6 rings (SSSR count). The highest BCUT2D eigenvalue weighted by atomic mass is 16.5. The van der Waals surface area contributed by atoms with Crippen LogP contribution in [0.2, 0.25) is 0 Å². The zero-order valence-corrected chi connectivity index (χ0v) is 19.1. The van der Waals surface area contributed by atoms with E-state index in [0.717, 1.165) is 61.2 Å². The molecule has 7 nitrogen and oxygen atoms in total. The van der Waals surface area contributed by atoms with Gasteiger partial charge in [0.05, 0.1) is 30.0 Å². The van der Waals surface area contributed by atoms with E-state index >= 15 is 0 Å². The third kappa shape index (κ3) is 3.13. The van der Waals surface area contributed by atoms with Crippen LogP contribution in [0.25, 0.3) is 55.4 Å². The number of benzene rings is 3. The summed E-state index contributed by atoms with van der Waals surface area (Å²) in [5.41, 5.74) is 7.60. The number of fused-ring (bicyclic) bond motifs is 2. The van der Waals surface area contributed by atoms with Crippen LogP contribution in [0.3, 0.4) is 0 Å². The maximum atomic E-state index is 5.80. The molecule has 34 heavy (non-hydrogen) atoms. The minimum atomic E-state index is 0.753. The minimum Gasteiger partial charge on any atom is -0.496 e. The van der Waals surface area contributed by atoms with Crippen molar-refractivity contribution in [1.29, 1.82) is 0 Å². The summed E-state index contributed by atoms with van der Waals surface area (Å²) in [6.45, 7) is 0. The first-order valence-electron chi connectivity index (χ1n) is 11.0. The standard InChI is InChI=1S/C27H22N6O/c1-32-15-22(26(31-32)17-8-5-4-6-9-17)27-20-12-19(25(34-3)13-23(20)28-16-29-27)18-10-7-11-24-21(18)14-30-33(24)2/h4-16H,1-3H3. The average molecular weight is 447 g/mol. The molecule has 0 saturated heterocycles. The van der Waals surface area contributed by atoms with Crippen LogP contribution < -0.4 is 4.74 Å². The van der Waals surface area contributed by atoms with E-state index in [-0.39, 0.29) is 0 Å². The summed E-state index contributed by atoms with van der Waals surface area (Å²) in [4.78, 5) is 9.26. The molecule has 0 spiro atoms. The Hall–Kier alpha value is -4.52. The van der Waals surface area contributed by atoms with Gasteiger partial charge in [-0.2, -0.15) is 10.2 Å². The highest BCUT2D eigenvalue weighted by molar-refractivity contribution is 6.03. The largest absolute Gasteiger partial charge is 0.496 e. The van der Waals surface area contributed by atoms with E-state index in [9.17, 15) is 0 Å². The van der Waals surface area contributed by atoms with Crippen molar-refractivity contribution in [1.82, 2.24) is 29.5 Å². The second-order valence-corrected chi connectivity index (χ2v) is 8.23. The summed E-state index contributed by atoms with van der Waals surface area (Å²) in [7, 11) is 5.56. The van der Waals surface area contributed by atoms with E-state index in [1.165, 1.54) is 0 Å². The molecular formula is C27H22N6O. The molecule has 6 aromatic rings. The maximum absolute atomic E-state index is 5.80. The Bertz CT molecular complexity index is 1670. The monoisotopic (exact) mass is 446 g/mol. The summed E-state index contributed by atoms with van der Waals surface area (Å²) < 4.78 is 9.51. The van der Waals surface area contributed by atoms with Crippen LogP contribution >= 0.6 is 0 Å². The highest BCUT2D eigenvalue weighted by Gasteiger charge is 2.19. The molecule has 0 radical (unpaired) electrons. The van der Waals surface area contributed by atoms with Gasteiger partial charge in [-0.05, 0) is 17.7 Å². The van der Waals surface area contributed by atoms with E-state index in [2.05, 4.69) is 40.4 Å². The number of rotatable bonds is 4. The molecule has 0 bridgehead atoms. The van der Waals surface area contributed by atoms with E-state index in [0.29, 0.717) is 0 Å². The Morgan fingerprint density at radius 1 is 0.794 bits per heavy atom. The van der Waals surface area contributed by atoms with Crippen LogP contribution in [-0.4, -0.2) is 36.6 Å². The zero-order valence-electron chi connectivity index (χ0n) is 19.1. The molecule has 3 aromatic heterocycles. The Morgan fingerprint density at radius 2 is 1.65 bits per heavy atom. The van der Waals surface area contributed by atoms with Crippen LogP contribution in [0.5, 0.6) is 5.75 Å². The molecule has 0 fully saturated rings. The molecule has 3 aromatic carbocycles. The Morgan fingerprint density at radius 3 is 2.47 bits per heavy atom. The molecular weight excluding hydrogens is 424 g/mol. The molecule has 0 saturated carbocycles. The molecule has 0 atom stereocenters. The Balaban J connectivity index is 1.64. The van der Waals surface area contributed by atoms with Gasteiger partial charge >= 0.3 is 0 Å². The van der Waals surface area contributed by atoms with Crippen molar-refractivity contribution in [3.63, 3.8) is 0 Å². The third-order valence-electron chi connectivity index (χ3n) is 6.17. The summed E-state index contributed by atoms with van der Waals surface area (Å²) in [6, 6.07) is 20.5. The van der Waals surface area contributed by atoms with Gasteiger partial charge in [0.1, 0.15) is 17.8 Å². The lowest BCUT2D eigenvalue weighted by Crippen LogP contribution is -1.94. The van der Waals surface area contributed by atoms with Crippen LogP contribution in [0, 0.1) is 0 Å². The van der Waals surface area contributed by atoms with Gasteiger partial charge in [0.25, 0.3) is 0 Å². The fraction of sp³-hybridized carbons (Fsp3) is 0.111. The number of nitrogens with zero attached hydrogens (tertiary/aromatic N) is 6. The molecule has 166 valence electrons. The summed E-state index contributed by atoms with van der Waals surface area (Å²) in [5.74, 6) is 0.753. The molecule has 0 N–H and O–H groups in total. The molecule has 0 aliphatic heterocycles. The van der Waals surface area contributed by atoms with Gasteiger partial charge in [0, 0.05) is 53.8 Å². The Labute approximate surface area is 196 Å². The van der Waals surface area contributed by atoms with Crippen molar-refractivity contribution < 1.29 is 4.74 Å². The summed E-state index contributed by atoms with van der Waals surface area (Å²) in [5, 5.41) is 11.2. The lowest BCUT2D eigenvalue weighted by atomic mass is 9.96. The number of ether oxygens (including phenoxy) is 1. The van der Waals surface area contributed by atoms with Gasteiger partial charge in [-0.3, -0.25) is 9.36 Å². The van der Waals surface area contributed by atoms with Gasteiger partial charge in [0.2, 0.25) is 0 Å². The van der Waals surface area contributed by atoms with Crippen molar-refractivity contribution >= 4 is 21.8 Å². The van der Waals surface area contributed by atoms with E-state index in [4.69, 9.17) is 14.8 Å². The fourth-order valence-electron chi connectivity index (χ4n) is 4.56. The first-order valence-corrected chi connectivity index (χ1v) is 11.0. The predicted octanol–water partition coefficient (Wildman–Crippen LogP) is 5.26. The summed E-state index contributed by atoms with van der Waals surface area (Å²) >= 11 is 0. The second-order valence-electron chi connectivity index (χ2n) is 8.23. The summed E-state index contributed by atoms with van der Waals surface area (Å²) in [6.07, 6.45) is 5.50. The number of aryl methyl sites for hydroxylation is 2. The molecule has 3 heterocycles. The quantitative estimate of drug-likeness (QED) is 0.369. The van der Waals surface area contributed by atoms with Crippen molar-refractivity contribution in [3.05, 3.63) is 79.4 Å². The Kier molecular flexibility index (Phi) is 4.62. The smallest absolute Gasteiger partial charge is 0.128 e. The average Bonchev–Trinajstić information content (AvgIpc) is 3.46. The topological polar surface area (TPSA) is 70.7 Å². The van der Waals surface area contributed by atoms with Gasteiger partial charge in [0.15, 0.2) is 0 Å². The highest BCUT2D eigenvalue weighted by Crippen LogP contribution is 2.40. The van der Waals surface area contributed by atoms with Gasteiger partial charge in [-0.25, -0.2) is 9.97 Å². The first kappa shape index (κ1) is 20.1. The molecule has 0 aliphatic rings. The van der Waals surface area contributed by atoms with Crippen molar-refractivity contribution in [2.45, 2.75) is 0 Å². The van der Waals surface area contributed by atoms with E-state index < -0.39 is 0 Å². The zero-order chi connectivity index (χ0) is 23.2. The van der Waals surface area contributed by atoms with Crippen molar-refractivity contribution in [2.24, 2.45) is 14.1 Å². The number of hydrogen-bond acceptors (Lipinski definition) is 5. The maximum Gasteiger partial charge on any atom is 0.128 e. The number of methoxy groups -OCH3 is 1. The van der Waals surface area contributed by atoms with E-state index in [1.54, 1.807) is 13.4 Å². The second kappa shape index (κ2) is 7.81.